The molecule has 120 valence electrons. The third-order valence-electron chi connectivity index (χ3n) is 3.82. The van der Waals surface area contributed by atoms with E-state index in [0.29, 0.717) is 10.6 Å². The number of halogens is 3. The largest absolute Gasteiger partial charge is 0.389 e. The van der Waals surface area contributed by atoms with Gasteiger partial charge in [-0.3, -0.25) is 9.78 Å². The van der Waals surface area contributed by atoms with Crippen molar-refractivity contribution in [1.82, 2.24) is 4.98 Å². The molecular weight excluding hydrogens is 326 g/mol. The fourth-order valence-corrected chi connectivity index (χ4v) is 2.88. The van der Waals surface area contributed by atoms with E-state index in [-0.39, 0.29) is 17.8 Å². The van der Waals surface area contributed by atoms with Crippen LogP contribution in [-0.2, 0) is 17.3 Å². The summed E-state index contributed by atoms with van der Waals surface area (Å²) < 4.78 is 28.9. The lowest BCUT2D eigenvalue weighted by Gasteiger charge is -2.18. The molecule has 2 aromatic rings. The Kier molecular flexibility index (Phi) is 3.82. The number of nitrogens with zero attached hydrogens (tertiary/aromatic N) is 2. The third-order valence-corrected chi connectivity index (χ3v) is 4.18. The van der Waals surface area contributed by atoms with Crippen LogP contribution >= 0.6 is 11.6 Å². The molecule has 0 unspecified atom stereocenters. The zero-order valence-electron chi connectivity index (χ0n) is 12.1. The monoisotopic (exact) mass is 338 g/mol. The number of benzene rings is 1. The van der Waals surface area contributed by atoms with Crippen LogP contribution in [-0.4, -0.2) is 16.0 Å². The number of aromatic nitrogens is 1. The molecule has 2 heterocycles. The van der Waals surface area contributed by atoms with Gasteiger partial charge in [0.1, 0.15) is 0 Å². The van der Waals surface area contributed by atoms with Crippen LogP contribution in [0.4, 0.5) is 14.5 Å². The first-order chi connectivity index (χ1) is 10.8. The first-order valence-electron chi connectivity index (χ1n) is 6.93. The molecule has 4 nitrogen and oxygen atoms in total. The SMILES string of the molecule is C[C@H](O)c1cccc2c1C(F)(F)C(=O)N2Cc1cnccc1Cl. The molecule has 0 fully saturated rings. The van der Waals surface area contributed by atoms with Crippen LogP contribution in [0.5, 0.6) is 0 Å². The zero-order chi connectivity index (χ0) is 16.8. The van der Waals surface area contributed by atoms with Crippen LogP contribution < -0.4 is 4.90 Å². The van der Waals surface area contributed by atoms with Gasteiger partial charge in [0.2, 0.25) is 0 Å². The van der Waals surface area contributed by atoms with Crippen LogP contribution in [0.2, 0.25) is 5.02 Å². The summed E-state index contributed by atoms with van der Waals surface area (Å²) in [5, 5.41) is 10.1. The zero-order valence-corrected chi connectivity index (χ0v) is 12.9. The first-order valence-corrected chi connectivity index (χ1v) is 7.31. The molecule has 0 radical (unpaired) electrons. The van der Waals surface area contributed by atoms with Crippen LogP contribution in [0.3, 0.4) is 0 Å². The van der Waals surface area contributed by atoms with Crippen molar-refractivity contribution < 1.29 is 18.7 Å². The molecule has 1 aromatic heterocycles. The van der Waals surface area contributed by atoms with Crippen LogP contribution in [0.1, 0.15) is 29.7 Å². The number of carbonyl (C=O) groups is 1. The number of hydrogen-bond acceptors (Lipinski definition) is 3. The number of carbonyl (C=O) groups excluding carboxylic acids is 1. The highest BCUT2D eigenvalue weighted by atomic mass is 35.5. The smallest absolute Gasteiger partial charge is 0.352 e. The van der Waals surface area contributed by atoms with Crippen LogP contribution in [0.25, 0.3) is 0 Å². The Hall–Kier alpha value is -2.05. The number of amides is 1. The molecule has 1 aromatic carbocycles. The molecule has 1 aliphatic rings. The number of aliphatic hydroxyl groups excluding tert-OH is 1. The van der Waals surface area contributed by atoms with Crippen molar-refractivity contribution in [2.24, 2.45) is 0 Å². The summed E-state index contributed by atoms with van der Waals surface area (Å²) in [5.41, 5.74) is 0.146. The third kappa shape index (κ3) is 2.48. The highest BCUT2D eigenvalue weighted by Crippen LogP contribution is 2.48. The van der Waals surface area contributed by atoms with E-state index in [1.54, 1.807) is 0 Å². The van der Waals surface area contributed by atoms with Crippen molar-refractivity contribution in [1.29, 1.82) is 0 Å². The Bertz CT molecular complexity index is 780. The van der Waals surface area contributed by atoms with Crippen LogP contribution in [0, 0.1) is 0 Å². The number of rotatable bonds is 3. The van der Waals surface area contributed by atoms with E-state index in [2.05, 4.69) is 4.98 Å². The number of fused-ring (bicyclic) bond motifs is 1. The molecule has 7 heteroatoms. The van der Waals surface area contributed by atoms with Gasteiger partial charge in [0.15, 0.2) is 0 Å². The summed E-state index contributed by atoms with van der Waals surface area (Å²) >= 11 is 6.02. The highest BCUT2D eigenvalue weighted by Gasteiger charge is 2.54. The predicted molar refractivity (Wildman–Crippen MR) is 81.4 cm³/mol. The summed E-state index contributed by atoms with van der Waals surface area (Å²) in [4.78, 5) is 17.1. The molecule has 0 saturated carbocycles. The van der Waals surface area contributed by atoms with E-state index >= 15 is 0 Å². The lowest BCUT2D eigenvalue weighted by molar-refractivity contribution is -0.141. The van der Waals surface area contributed by atoms with Gasteiger partial charge in [0, 0.05) is 23.0 Å². The van der Waals surface area contributed by atoms with Crippen LogP contribution in [0.15, 0.2) is 36.7 Å². The lowest BCUT2D eigenvalue weighted by atomic mass is 9.98. The molecule has 0 saturated heterocycles. The lowest BCUT2D eigenvalue weighted by Crippen LogP contribution is -2.34. The fourth-order valence-electron chi connectivity index (χ4n) is 2.71. The van der Waals surface area contributed by atoms with Crippen molar-refractivity contribution in [2.45, 2.75) is 25.5 Å². The van der Waals surface area contributed by atoms with Gasteiger partial charge in [0.25, 0.3) is 0 Å². The summed E-state index contributed by atoms with van der Waals surface area (Å²) in [6.07, 6.45) is 1.81. The second-order valence-corrected chi connectivity index (χ2v) is 5.76. The Labute approximate surface area is 136 Å². The molecule has 3 rings (SSSR count). The average molecular weight is 339 g/mol. The topological polar surface area (TPSA) is 53.4 Å². The maximum atomic E-state index is 14.5. The molecule has 0 aliphatic carbocycles. The van der Waals surface area contributed by atoms with E-state index < -0.39 is 23.5 Å². The number of alkyl halides is 2. The van der Waals surface area contributed by atoms with Gasteiger partial charge in [-0.25, -0.2) is 0 Å². The molecule has 1 aliphatic heterocycles. The Morgan fingerprint density at radius 2 is 2.13 bits per heavy atom. The molecule has 1 atom stereocenters. The van der Waals surface area contributed by atoms with E-state index in [0.717, 1.165) is 4.90 Å². The van der Waals surface area contributed by atoms with E-state index in [1.165, 1.54) is 43.6 Å². The number of pyridine rings is 1. The van der Waals surface area contributed by atoms with Gasteiger partial charge < -0.3 is 10.0 Å². The van der Waals surface area contributed by atoms with Crippen molar-refractivity contribution in [3.05, 3.63) is 58.4 Å². The second kappa shape index (κ2) is 5.54. The van der Waals surface area contributed by atoms with Gasteiger partial charge in [-0.1, -0.05) is 23.7 Å². The van der Waals surface area contributed by atoms with Gasteiger partial charge in [-0.15, -0.1) is 0 Å². The number of hydrogen-bond donors (Lipinski definition) is 1. The van der Waals surface area contributed by atoms with Crippen molar-refractivity contribution in [3.63, 3.8) is 0 Å². The van der Waals surface area contributed by atoms with Gasteiger partial charge >= 0.3 is 11.8 Å². The summed E-state index contributed by atoms with van der Waals surface area (Å²) in [6.45, 7) is 1.27. The van der Waals surface area contributed by atoms with Crippen molar-refractivity contribution in [2.75, 3.05) is 4.90 Å². The summed E-state index contributed by atoms with van der Waals surface area (Å²) in [6, 6.07) is 5.89. The Balaban J connectivity index is 2.11. The standard InChI is InChI=1S/C16H13ClF2N2O2/c1-9(22)11-3-2-4-13-14(11)16(18,19)15(23)21(13)8-10-7-20-6-5-12(10)17/h2-7,9,22H,8H2,1H3/t9-/m0/s1. The molecule has 0 bridgehead atoms. The van der Waals surface area contributed by atoms with Gasteiger partial charge in [-0.05, 0) is 24.6 Å². The maximum absolute atomic E-state index is 14.5. The minimum absolute atomic E-state index is 0.0423. The van der Waals surface area contributed by atoms with E-state index in [9.17, 15) is 18.7 Å². The summed E-state index contributed by atoms with van der Waals surface area (Å²) in [7, 11) is 0. The second-order valence-electron chi connectivity index (χ2n) is 5.35. The number of anilines is 1. The average Bonchev–Trinajstić information content (AvgIpc) is 2.70. The predicted octanol–water partition coefficient (Wildman–Crippen LogP) is 3.43. The summed E-state index contributed by atoms with van der Waals surface area (Å²) in [5.74, 6) is -5.02. The highest BCUT2D eigenvalue weighted by molar-refractivity contribution is 6.31. The van der Waals surface area contributed by atoms with E-state index in [1.807, 2.05) is 0 Å². The molecule has 0 spiro atoms. The Morgan fingerprint density at radius 3 is 2.78 bits per heavy atom. The number of aliphatic hydroxyl groups is 1. The molecule has 1 N–H and O–H groups in total. The van der Waals surface area contributed by atoms with E-state index in [4.69, 9.17) is 11.6 Å². The fraction of sp³-hybridized carbons (Fsp3) is 0.250. The molecular formula is C16H13ClF2N2O2. The van der Waals surface area contributed by atoms with Gasteiger partial charge in [0.05, 0.1) is 23.9 Å². The minimum Gasteiger partial charge on any atom is -0.389 e. The Morgan fingerprint density at radius 1 is 1.39 bits per heavy atom. The van der Waals surface area contributed by atoms with Crippen molar-refractivity contribution in [3.8, 4) is 0 Å². The maximum Gasteiger partial charge on any atom is 0.352 e. The first kappa shape index (κ1) is 15.8. The quantitative estimate of drug-likeness (QED) is 0.933. The van der Waals surface area contributed by atoms with Gasteiger partial charge in [-0.2, -0.15) is 8.78 Å². The minimum atomic E-state index is -3.68. The molecule has 1 amide bonds. The normalized spacial score (nSPS) is 17.3. The van der Waals surface area contributed by atoms with Crippen molar-refractivity contribution >= 4 is 23.2 Å². The molecule has 23 heavy (non-hydrogen) atoms.